The molecule has 0 spiro atoms. The first kappa shape index (κ1) is 4.67. The van der Waals surface area contributed by atoms with Gasteiger partial charge >= 0.3 is 0 Å². The Hall–Kier alpha value is -0.330. The minimum atomic E-state index is 0.556. The Morgan fingerprint density at radius 3 is 2.40 bits per heavy atom. The Morgan fingerprint density at radius 2 is 2.40 bits per heavy atom. The first-order chi connectivity index (χ1) is 2.41. The summed E-state index contributed by atoms with van der Waals surface area (Å²) in [6.45, 7) is 1.88. The molecule has 0 radical (unpaired) electrons. The van der Waals surface area contributed by atoms with Gasteiger partial charge in [0.05, 0.1) is 6.33 Å². The summed E-state index contributed by atoms with van der Waals surface area (Å²) in [5.74, 6) is 0. The number of rotatable bonds is 1. The van der Waals surface area contributed by atoms with Crippen LogP contribution in [0.25, 0.3) is 0 Å². The van der Waals surface area contributed by atoms with Gasteiger partial charge in [-0.05, 0) is 6.42 Å². The lowest BCUT2D eigenvalue weighted by molar-refractivity contribution is 0.715. The predicted molar refractivity (Wildman–Crippen MR) is 20.5 cm³/mol. The largest absolute Gasteiger partial charge is 0.216 e. The summed E-state index contributed by atoms with van der Waals surface area (Å²) in [7, 11) is 0. The second-order valence-corrected chi connectivity index (χ2v) is 0.770. The molecule has 0 atom stereocenters. The van der Waals surface area contributed by atoms with Gasteiger partial charge in [0, 0.05) is 0 Å². The van der Waals surface area contributed by atoms with Crippen LogP contribution in [0.5, 0.6) is 0 Å². The first-order valence-electron chi connectivity index (χ1n) is 1.67. The summed E-state index contributed by atoms with van der Waals surface area (Å²) >= 11 is 0. The highest BCUT2D eigenvalue weighted by atomic mass is 19.1. The van der Waals surface area contributed by atoms with Gasteiger partial charge < -0.3 is 0 Å². The van der Waals surface area contributed by atoms with Crippen LogP contribution in [0.15, 0.2) is 12.4 Å². The summed E-state index contributed by atoms with van der Waals surface area (Å²) in [6, 6.07) is 0. The van der Waals surface area contributed by atoms with E-state index >= 15 is 0 Å². The van der Waals surface area contributed by atoms with Crippen molar-refractivity contribution in [1.82, 2.24) is 0 Å². The predicted octanol–water partition coefficient (Wildman–Crippen LogP) is 1.88. The highest BCUT2D eigenvalue weighted by Gasteiger charge is 1.55. The topological polar surface area (TPSA) is 0 Å². The van der Waals surface area contributed by atoms with E-state index in [1.165, 1.54) is 6.08 Å². The van der Waals surface area contributed by atoms with Crippen molar-refractivity contribution in [3.8, 4) is 0 Å². The Morgan fingerprint density at radius 1 is 1.80 bits per heavy atom. The summed E-state index contributed by atoms with van der Waals surface area (Å²) in [5, 5.41) is 0. The van der Waals surface area contributed by atoms with Crippen molar-refractivity contribution >= 4 is 0 Å². The normalized spacial score (nSPS) is 10.0. The molecule has 0 aliphatic heterocycles. The van der Waals surface area contributed by atoms with E-state index in [1.807, 2.05) is 6.92 Å². The minimum Gasteiger partial charge on any atom is -0.216 e. The number of hydrogen-bond donors (Lipinski definition) is 0. The van der Waals surface area contributed by atoms with Crippen LogP contribution in [0.2, 0.25) is 0 Å². The zero-order chi connectivity index (χ0) is 4.12. The highest BCUT2D eigenvalue weighted by molar-refractivity contribution is 4.67. The van der Waals surface area contributed by atoms with Crippen LogP contribution in [-0.4, -0.2) is 0 Å². The number of allylic oxidation sites excluding steroid dienone is 1. The van der Waals surface area contributed by atoms with Crippen LogP contribution < -0.4 is 0 Å². The molecule has 0 saturated heterocycles. The van der Waals surface area contributed by atoms with Gasteiger partial charge in [-0.3, -0.25) is 0 Å². The SMILES string of the molecule is CC/C=C\F. The van der Waals surface area contributed by atoms with Gasteiger partial charge in [0.15, 0.2) is 0 Å². The molecule has 0 heterocycles. The summed E-state index contributed by atoms with van der Waals surface area (Å²) in [5.41, 5.74) is 0. The lowest BCUT2D eigenvalue weighted by Crippen LogP contribution is -1.42. The fourth-order valence-corrected chi connectivity index (χ4v) is 0.0891. The number of halogens is 1. The molecule has 0 unspecified atom stereocenters. The zero-order valence-electron chi connectivity index (χ0n) is 3.24. The Bertz CT molecular complexity index is 30.6. The van der Waals surface area contributed by atoms with E-state index in [-0.39, 0.29) is 0 Å². The van der Waals surface area contributed by atoms with Crippen molar-refractivity contribution in [2.24, 2.45) is 0 Å². The highest BCUT2D eigenvalue weighted by Crippen LogP contribution is 1.76. The van der Waals surface area contributed by atoms with Crippen LogP contribution in [-0.2, 0) is 0 Å². The van der Waals surface area contributed by atoms with Crippen LogP contribution >= 0.6 is 0 Å². The standard InChI is InChI=1S/C4H7F/c1-2-3-4-5/h3-4H,2H2,1H3/b4-3-. The zero-order valence-corrected chi connectivity index (χ0v) is 3.24. The molecule has 0 saturated carbocycles. The average Bonchev–Trinajstić information content (AvgIpc) is 1.41. The maximum Gasteiger partial charge on any atom is 0.0826 e. The first-order valence-corrected chi connectivity index (χ1v) is 1.67. The molecule has 30 valence electrons. The molecule has 0 bridgehead atoms. The lowest BCUT2D eigenvalue weighted by atomic mass is 10.5. The molecule has 0 aromatic heterocycles. The minimum absolute atomic E-state index is 0.556. The van der Waals surface area contributed by atoms with Gasteiger partial charge in [0.2, 0.25) is 0 Å². The van der Waals surface area contributed by atoms with Gasteiger partial charge in [-0.1, -0.05) is 13.0 Å². The van der Waals surface area contributed by atoms with Crippen LogP contribution in [0.1, 0.15) is 13.3 Å². The molecule has 0 aliphatic carbocycles. The van der Waals surface area contributed by atoms with Crippen LogP contribution in [0.4, 0.5) is 4.39 Å². The van der Waals surface area contributed by atoms with Crippen LogP contribution in [0.3, 0.4) is 0 Å². The van der Waals surface area contributed by atoms with Gasteiger partial charge in [-0.25, -0.2) is 4.39 Å². The summed E-state index contributed by atoms with van der Waals surface area (Å²) in [6.07, 6.45) is 2.80. The van der Waals surface area contributed by atoms with Gasteiger partial charge in [0.1, 0.15) is 0 Å². The molecule has 0 nitrogen and oxygen atoms in total. The molecule has 0 aromatic carbocycles. The Kier molecular flexibility index (Phi) is 3.43. The fourth-order valence-electron chi connectivity index (χ4n) is 0.0891. The van der Waals surface area contributed by atoms with Crippen molar-refractivity contribution in [2.45, 2.75) is 13.3 Å². The van der Waals surface area contributed by atoms with Crippen molar-refractivity contribution in [3.63, 3.8) is 0 Å². The molecular formula is C4H7F. The smallest absolute Gasteiger partial charge is 0.0826 e. The van der Waals surface area contributed by atoms with E-state index in [1.54, 1.807) is 0 Å². The van der Waals surface area contributed by atoms with Gasteiger partial charge in [-0.2, -0.15) is 0 Å². The number of hydrogen-bond acceptors (Lipinski definition) is 0. The van der Waals surface area contributed by atoms with E-state index in [2.05, 4.69) is 0 Å². The van der Waals surface area contributed by atoms with E-state index in [4.69, 9.17) is 0 Å². The Balaban J connectivity index is 2.62. The third kappa shape index (κ3) is 3.67. The van der Waals surface area contributed by atoms with E-state index < -0.39 is 0 Å². The van der Waals surface area contributed by atoms with Crippen molar-refractivity contribution < 1.29 is 4.39 Å². The third-order valence-corrected chi connectivity index (χ3v) is 0.325. The molecule has 0 aliphatic rings. The summed E-state index contributed by atoms with van der Waals surface area (Å²) in [4.78, 5) is 0. The molecule has 0 fully saturated rings. The van der Waals surface area contributed by atoms with E-state index in [9.17, 15) is 4.39 Å². The molecule has 0 amide bonds. The molecule has 0 rings (SSSR count). The monoisotopic (exact) mass is 74.1 g/mol. The molecule has 1 heteroatoms. The second-order valence-electron chi connectivity index (χ2n) is 0.770. The second kappa shape index (κ2) is 3.67. The van der Waals surface area contributed by atoms with Gasteiger partial charge in [0.25, 0.3) is 0 Å². The average molecular weight is 74.1 g/mol. The summed E-state index contributed by atoms with van der Waals surface area (Å²) < 4.78 is 10.8. The molecule has 5 heavy (non-hydrogen) atoms. The molecule has 0 N–H and O–H groups in total. The maximum absolute atomic E-state index is 10.8. The maximum atomic E-state index is 10.8. The van der Waals surface area contributed by atoms with Gasteiger partial charge in [-0.15, -0.1) is 0 Å². The molecular weight excluding hydrogens is 67.0 g/mol. The quantitative estimate of drug-likeness (QED) is 0.445. The molecule has 0 aromatic rings. The Labute approximate surface area is 31.3 Å². The fraction of sp³-hybridized carbons (Fsp3) is 0.500. The third-order valence-electron chi connectivity index (χ3n) is 0.325. The van der Waals surface area contributed by atoms with Crippen molar-refractivity contribution in [1.29, 1.82) is 0 Å². The lowest BCUT2D eigenvalue weighted by Gasteiger charge is -1.62. The van der Waals surface area contributed by atoms with Crippen molar-refractivity contribution in [3.05, 3.63) is 12.4 Å². The van der Waals surface area contributed by atoms with Crippen molar-refractivity contribution in [2.75, 3.05) is 0 Å². The van der Waals surface area contributed by atoms with E-state index in [0.29, 0.717) is 6.33 Å². The van der Waals surface area contributed by atoms with E-state index in [0.717, 1.165) is 6.42 Å². The van der Waals surface area contributed by atoms with Crippen LogP contribution in [0, 0.1) is 0 Å².